The molecule has 0 saturated heterocycles. The van der Waals surface area contributed by atoms with E-state index < -0.39 is 0 Å². The Morgan fingerprint density at radius 2 is 1.02 bits per heavy atom. The van der Waals surface area contributed by atoms with Gasteiger partial charge in [0, 0.05) is 27.2 Å². The molecule has 11 rings (SSSR count). The van der Waals surface area contributed by atoms with Crippen molar-refractivity contribution in [3.05, 3.63) is 182 Å². The summed E-state index contributed by atoms with van der Waals surface area (Å²) in [6.07, 6.45) is 0. The second kappa shape index (κ2) is 11.2. The lowest BCUT2D eigenvalue weighted by molar-refractivity contribution is 0.477. The van der Waals surface area contributed by atoms with E-state index in [9.17, 15) is 0 Å². The van der Waals surface area contributed by atoms with E-state index in [-0.39, 0.29) is 0 Å². The molecule has 0 radical (unpaired) electrons. The quantitative estimate of drug-likeness (QED) is 0.187. The molecule has 0 spiro atoms. The van der Waals surface area contributed by atoms with E-state index in [1.165, 1.54) is 32.9 Å². The molecule has 4 nitrogen and oxygen atoms in total. The Hall–Kier alpha value is -7.04. The lowest BCUT2D eigenvalue weighted by Crippen LogP contribution is -2.16. The predicted molar refractivity (Wildman–Crippen MR) is 214 cm³/mol. The molecule has 0 amide bonds. The van der Waals surface area contributed by atoms with Crippen LogP contribution >= 0.6 is 0 Å². The summed E-state index contributed by atoms with van der Waals surface area (Å²) in [4.78, 5) is 2.27. The molecule has 1 aliphatic heterocycles. The smallest absolute Gasteiger partial charge is 0.159 e. The molecule has 8 aromatic carbocycles. The first-order valence-corrected chi connectivity index (χ1v) is 17.6. The summed E-state index contributed by atoms with van der Waals surface area (Å²) in [6, 6.07) is 64.2. The molecule has 10 aromatic rings. The Morgan fingerprint density at radius 1 is 0.365 bits per heavy atom. The number of rotatable bonds is 4. The van der Waals surface area contributed by atoms with Gasteiger partial charge in [-0.2, -0.15) is 0 Å². The zero-order valence-electron chi connectivity index (χ0n) is 28.0. The van der Waals surface area contributed by atoms with Crippen LogP contribution in [0.4, 0.5) is 17.1 Å². The van der Waals surface area contributed by atoms with E-state index in [4.69, 9.17) is 9.15 Å². The van der Waals surface area contributed by atoms with Gasteiger partial charge in [0.15, 0.2) is 17.1 Å². The van der Waals surface area contributed by atoms with E-state index in [1.54, 1.807) is 0 Å². The summed E-state index contributed by atoms with van der Waals surface area (Å²) >= 11 is 0. The first-order valence-electron chi connectivity index (χ1n) is 17.6. The molecule has 0 fully saturated rings. The minimum atomic E-state index is 0.796. The summed E-state index contributed by atoms with van der Waals surface area (Å²) in [5.74, 6) is 1.60. The maximum atomic E-state index is 6.65. The molecule has 3 heterocycles. The Bertz CT molecular complexity index is 3010. The van der Waals surface area contributed by atoms with Crippen LogP contribution in [0.5, 0.6) is 11.5 Å². The van der Waals surface area contributed by atoms with E-state index in [0.717, 1.165) is 67.3 Å². The first-order chi connectivity index (χ1) is 25.8. The van der Waals surface area contributed by atoms with Gasteiger partial charge in [-0.1, -0.05) is 115 Å². The average Bonchev–Trinajstić information content (AvgIpc) is 3.76. The molecule has 0 unspecified atom stereocenters. The molecule has 0 saturated carbocycles. The van der Waals surface area contributed by atoms with Crippen LogP contribution in [-0.2, 0) is 0 Å². The highest BCUT2D eigenvalue weighted by molar-refractivity contribution is 6.12. The van der Waals surface area contributed by atoms with Gasteiger partial charge in [0.2, 0.25) is 0 Å². The fourth-order valence-corrected chi connectivity index (χ4v) is 7.99. The lowest BCUT2D eigenvalue weighted by Gasteiger charge is -2.33. The zero-order valence-corrected chi connectivity index (χ0v) is 28.0. The van der Waals surface area contributed by atoms with Gasteiger partial charge in [-0.05, 0) is 89.0 Å². The van der Waals surface area contributed by atoms with Crippen molar-refractivity contribution in [1.82, 2.24) is 4.57 Å². The maximum absolute atomic E-state index is 6.65. The summed E-state index contributed by atoms with van der Waals surface area (Å²) in [6.45, 7) is 0. The Kier molecular flexibility index (Phi) is 6.22. The molecule has 0 N–H and O–H groups in total. The summed E-state index contributed by atoms with van der Waals surface area (Å²) in [7, 11) is 0. The molecule has 0 bridgehead atoms. The van der Waals surface area contributed by atoms with Crippen molar-refractivity contribution in [3.63, 3.8) is 0 Å². The summed E-state index contributed by atoms with van der Waals surface area (Å²) in [5.41, 5.74) is 12.8. The number of furan rings is 1. The van der Waals surface area contributed by atoms with Crippen LogP contribution in [0.15, 0.2) is 186 Å². The van der Waals surface area contributed by atoms with Crippen molar-refractivity contribution >= 4 is 60.8 Å². The molecule has 0 aliphatic carbocycles. The number of fused-ring (bicyclic) bond motifs is 8. The van der Waals surface area contributed by atoms with Crippen LogP contribution in [0.3, 0.4) is 0 Å². The third-order valence-electron chi connectivity index (χ3n) is 10.4. The highest BCUT2D eigenvalue weighted by atomic mass is 16.5. The largest absolute Gasteiger partial charge is 0.454 e. The van der Waals surface area contributed by atoms with Crippen molar-refractivity contribution in [2.45, 2.75) is 0 Å². The second-order valence-corrected chi connectivity index (χ2v) is 13.3. The number of benzene rings is 8. The maximum Gasteiger partial charge on any atom is 0.159 e. The van der Waals surface area contributed by atoms with Gasteiger partial charge in [0.05, 0.1) is 28.1 Å². The van der Waals surface area contributed by atoms with Gasteiger partial charge >= 0.3 is 0 Å². The molecule has 244 valence electrons. The number of hydrogen-bond donors (Lipinski definition) is 0. The first kappa shape index (κ1) is 28.8. The van der Waals surface area contributed by atoms with Crippen LogP contribution in [0.2, 0.25) is 0 Å². The van der Waals surface area contributed by atoms with Gasteiger partial charge < -0.3 is 13.7 Å². The van der Waals surface area contributed by atoms with Gasteiger partial charge in [0.1, 0.15) is 5.58 Å². The molecule has 4 heteroatoms. The Labute approximate surface area is 300 Å². The molecule has 2 aromatic heterocycles. The van der Waals surface area contributed by atoms with E-state index in [1.807, 2.05) is 24.3 Å². The van der Waals surface area contributed by atoms with Crippen molar-refractivity contribution in [1.29, 1.82) is 0 Å². The van der Waals surface area contributed by atoms with Gasteiger partial charge in [0.25, 0.3) is 0 Å². The lowest BCUT2D eigenvalue weighted by atomic mass is 10.0. The third-order valence-corrected chi connectivity index (χ3v) is 10.4. The van der Waals surface area contributed by atoms with Crippen LogP contribution in [0.25, 0.3) is 71.7 Å². The molecule has 1 aliphatic rings. The van der Waals surface area contributed by atoms with Crippen molar-refractivity contribution in [2.75, 3.05) is 4.90 Å². The fraction of sp³-hybridized carbons (Fsp3) is 0. The van der Waals surface area contributed by atoms with Crippen molar-refractivity contribution < 1.29 is 9.15 Å². The predicted octanol–water partition coefficient (Wildman–Crippen LogP) is 13.6. The van der Waals surface area contributed by atoms with Crippen molar-refractivity contribution in [3.8, 4) is 39.4 Å². The monoisotopic (exact) mass is 666 g/mol. The summed E-state index contributed by atoms with van der Waals surface area (Å²) < 4.78 is 15.5. The van der Waals surface area contributed by atoms with Gasteiger partial charge in [-0.25, -0.2) is 0 Å². The van der Waals surface area contributed by atoms with E-state index >= 15 is 0 Å². The number of para-hydroxylation sites is 5. The minimum absolute atomic E-state index is 0.796. The van der Waals surface area contributed by atoms with Crippen molar-refractivity contribution in [2.24, 2.45) is 0 Å². The van der Waals surface area contributed by atoms with Crippen LogP contribution in [0.1, 0.15) is 0 Å². The van der Waals surface area contributed by atoms with Gasteiger partial charge in [-0.3, -0.25) is 4.90 Å². The topological polar surface area (TPSA) is 30.5 Å². The number of anilines is 3. The third kappa shape index (κ3) is 4.34. The number of ether oxygens (including phenoxy) is 1. The molecular weight excluding hydrogens is 637 g/mol. The zero-order chi connectivity index (χ0) is 34.2. The van der Waals surface area contributed by atoms with Gasteiger partial charge in [-0.15, -0.1) is 0 Å². The minimum Gasteiger partial charge on any atom is -0.454 e. The van der Waals surface area contributed by atoms with Crippen LogP contribution in [0, 0.1) is 0 Å². The highest BCUT2D eigenvalue weighted by Crippen LogP contribution is 2.53. The highest BCUT2D eigenvalue weighted by Gasteiger charge is 2.28. The fourth-order valence-electron chi connectivity index (χ4n) is 7.99. The standard InChI is InChI=1S/C48H30N2O2/c1-2-12-31(13-3-1)32-14-10-15-35(28-32)49-40-19-6-4-16-36(40)39-29-33(24-26-41(39)49)34-25-27-43-47(30-34)51-46-23-9-7-20-42(46)50(43)44-21-11-18-38-37-17-5-8-22-45(37)52-48(38)44/h1-30H. The number of nitrogens with zero attached hydrogens (tertiary/aromatic N) is 2. The van der Waals surface area contributed by atoms with E-state index in [0.29, 0.717) is 0 Å². The summed E-state index contributed by atoms with van der Waals surface area (Å²) in [5, 5.41) is 4.63. The SMILES string of the molecule is c1ccc(-c2cccc(-n3c4ccccc4c4cc(-c5ccc6c(c5)Oc5ccccc5N6c5cccc6c5oc5ccccc56)ccc43)c2)cc1. The van der Waals surface area contributed by atoms with Crippen LogP contribution in [-0.4, -0.2) is 4.57 Å². The average molecular weight is 667 g/mol. The van der Waals surface area contributed by atoms with Crippen LogP contribution < -0.4 is 9.64 Å². The van der Waals surface area contributed by atoms with E-state index in [2.05, 4.69) is 167 Å². The molecule has 52 heavy (non-hydrogen) atoms. The Balaban J connectivity index is 1.05. The molecule has 0 atom stereocenters. The second-order valence-electron chi connectivity index (χ2n) is 13.3. The Morgan fingerprint density at radius 3 is 1.96 bits per heavy atom. The normalized spacial score (nSPS) is 12.3. The number of aromatic nitrogens is 1. The number of hydrogen-bond acceptors (Lipinski definition) is 3. The molecular formula is C48H30N2O2.